The van der Waals surface area contributed by atoms with E-state index in [-0.39, 0.29) is 5.56 Å². The molecule has 0 spiro atoms. The van der Waals surface area contributed by atoms with Crippen molar-refractivity contribution in [2.24, 2.45) is 11.8 Å². The van der Waals surface area contributed by atoms with Crippen LogP contribution in [0.25, 0.3) is 5.57 Å². The van der Waals surface area contributed by atoms with Crippen molar-refractivity contribution < 1.29 is 8.78 Å². The number of benzene rings is 1. The Morgan fingerprint density at radius 2 is 1.84 bits per heavy atom. The van der Waals surface area contributed by atoms with Crippen LogP contribution in [-0.2, 0) is 0 Å². The third kappa shape index (κ3) is 2.86. The van der Waals surface area contributed by atoms with Crippen LogP contribution in [0.5, 0.6) is 0 Å². The fourth-order valence-corrected chi connectivity index (χ4v) is 2.99. The zero-order valence-electron chi connectivity index (χ0n) is 11.8. The lowest BCUT2D eigenvalue weighted by molar-refractivity contribution is 0.312. The molecular weight excluding hydrogens is 244 g/mol. The highest BCUT2D eigenvalue weighted by molar-refractivity contribution is 5.68. The zero-order chi connectivity index (χ0) is 14.0. The van der Waals surface area contributed by atoms with Crippen molar-refractivity contribution in [1.82, 2.24) is 5.32 Å². The Labute approximate surface area is 113 Å². The summed E-state index contributed by atoms with van der Waals surface area (Å²) in [5.41, 5.74) is 1.98. The molecule has 2 atom stereocenters. The summed E-state index contributed by atoms with van der Waals surface area (Å²) in [6.07, 6.45) is 1.03. The smallest absolute Gasteiger partial charge is 0.133 e. The average Bonchev–Trinajstić information content (AvgIpc) is 2.38. The van der Waals surface area contributed by atoms with Gasteiger partial charge in [-0.2, -0.15) is 0 Å². The molecule has 0 saturated carbocycles. The van der Waals surface area contributed by atoms with Gasteiger partial charge in [0.25, 0.3) is 0 Å². The number of rotatable bonds is 2. The predicted molar refractivity (Wildman–Crippen MR) is 74.8 cm³/mol. The van der Waals surface area contributed by atoms with Crippen molar-refractivity contribution in [3.63, 3.8) is 0 Å². The number of hydrogen-bond acceptors (Lipinski definition) is 1. The lowest BCUT2D eigenvalue weighted by atomic mass is 9.80. The molecule has 1 fully saturated rings. The first-order valence-corrected chi connectivity index (χ1v) is 6.84. The van der Waals surface area contributed by atoms with Crippen molar-refractivity contribution in [2.45, 2.75) is 27.2 Å². The Hall–Kier alpha value is -1.22. The van der Waals surface area contributed by atoms with E-state index in [9.17, 15) is 8.78 Å². The minimum absolute atomic E-state index is 0.130. The topological polar surface area (TPSA) is 12.0 Å². The number of nitrogens with one attached hydrogen (secondary N) is 1. The Morgan fingerprint density at radius 3 is 2.42 bits per heavy atom. The van der Waals surface area contributed by atoms with Crippen LogP contribution in [-0.4, -0.2) is 13.1 Å². The van der Waals surface area contributed by atoms with Crippen LogP contribution >= 0.6 is 0 Å². The second-order valence-electron chi connectivity index (χ2n) is 5.48. The number of piperidine rings is 1. The lowest BCUT2D eigenvalue weighted by Crippen LogP contribution is -2.35. The molecule has 1 aliphatic rings. The van der Waals surface area contributed by atoms with E-state index >= 15 is 0 Å². The number of hydrogen-bond donors (Lipinski definition) is 1. The zero-order valence-corrected chi connectivity index (χ0v) is 11.8. The molecule has 0 aliphatic carbocycles. The molecule has 1 aromatic carbocycles. The van der Waals surface area contributed by atoms with E-state index in [4.69, 9.17) is 0 Å². The van der Waals surface area contributed by atoms with Crippen LogP contribution in [0.3, 0.4) is 0 Å². The number of allylic oxidation sites excluding steroid dienone is 2. The largest absolute Gasteiger partial charge is 0.316 e. The summed E-state index contributed by atoms with van der Waals surface area (Å²) in [5, 5.41) is 3.35. The van der Waals surface area contributed by atoms with Gasteiger partial charge >= 0.3 is 0 Å². The van der Waals surface area contributed by atoms with Crippen LogP contribution in [0.15, 0.2) is 23.8 Å². The summed E-state index contributed by atoms with van der Waals surface area (Å²) in [6, 6.07) is 4.05. The number of halogens is 2. The Morgan fingerprint density at radius 1 is 1.21 bits per heavy atom. The van der Waals surface area contributed by atoms with Crippen molar-refractivity contribution in [2.75, 3.05) is 13.1 Å². The molecule has 19 heavy (non-hydrogen) atoms. The minimum atomic E-state index is -0.474. The van der Waals surface area contributed by atoms with Gasteiger partial charge in [0.2, 0.25) is 0 Å². The van der Waals surface area contributed by atoms with Crippen molar-refractivity contribution in [3.05, 3.63) is 41.0 Å². The van der Waals surface area contributed by atoms with Gasteiger partial charge in [-0.15, -0.1) is 0 Å². The monoisotopic (exact) mass is 265 g/mol. The summed E-state index contributed by atoms with van der Waals surface area (Å²) < 4.78 is 27.7. The molecule has 1 nitrogen and oxygen atoms in total. The summed E-state index contributed by atoms with van der Waals surface area (Å²) in [7, 11) is 0. The Bertz CT molecular complexity index is 473. The van der Waals surface area contributed by atoms with Gasteiger partial charge in [0.1, 0.15) is 11.6 Å². The van der Waals surface area contributed by atoms with Gasteiger partial charge in [0.05, 0.1) is 0 Å². The SMILES string of the molecule is CC(=C(C)C1CCNCC1C)c1c(F)cccc1F. The molecule has 1 aliphatic heterocycles. The average molecular weight is 265 g/mol. The van der Waals surface area contributed by atoms with Crippen LogP contribution in [0.1, 0.15) is 32.8 Å². The molecule has 0 bridgehead atoms. The molecule has 1 aromatic rings. The summed E-state index contributed by atoms with van der Waals surface area (Å²) >= 11 is 0. The summed E-state index contributed by atoms with van der Waals surface area (Å²) in [5.74, 6) is -0.0457. The Balaban J connectivity index is 2.40. The maximum atomic E-state index is 13.8. The van der Waals surface area contributed by atoms with Crippen molar-refractivity contribution in [1.29, 1.82) is 0 Å². The Kier molecular flexibility index (Phi) is 4.35. The molecule has 3 heteroatoms. The lowest BCUT2D eigenvalue weighted by Gasteiger charge is -2.31. The fraction of sp³-hybridized carbons (Fsp3) is 0.500. The molecule has 0 amide bonds. The highest BCUT2D eigenvalue weighted by atomic mass is 19.1. The summed E-state index contributed by atoms with van der Waals surface area (Å²) in [6.45, 7) is 7.96. The highest BCUT2D eigenvalue weighted by Gasteiger charge is 2.25. The highest BCUT2D eigenvalue weighted by Crippen LogP contribution is 2.33. The molecule has 0 radical (unpaired) electrons. The molecule has 2 unspecified atom stereocenters. The first-order chi connectivity index (χ1) is 9.02. The van der Waals surface area contributed by atoms with E-state index in [0.717, 1.165) is 30.7 Å². The molecule has 1 heterocycles. The first-order valence-electron chi connectivity index (χ1n) is 6.84. The van der Waals surface area contributed by atoms with Crippen molar-refractivity contribution >= 4 is 5.57 Å². The second kappa shape index (κ2) is 5.83. The van der Waals surface area contributed by atoms with Gasteiger partial charge in [-0.3, -0.25) is 0 Å². The van der Waals surface area contributed by atoms with Gasteiger partial charge in [0, 0.05) is 5.56 Å². The van der Waals surface area contributed by atoms with E-state index < -0.39 is 11.6 Å². The van der Waals surface area contributed by atoms with Gasteiger partial charge in [-0.05, 0) is 62.9 Å². The first kappa shape index (κ1) is 14.2. The third-order valence-corrected chi connectivity index (χ3v) is 4.27. The van der Waals surface area contributed by atoms with E-state index in [1.165, 1.54) is 18.2 Å². The van der Waals surface area contributed by atoms with E-state index in [2.05, 4.69) is 12.2 Å². The molecule has 2 rings (SSSR count). The minimum Gasteiger partial charge on any atom is -0.316 e. The van der Waals surface area contributed by atoms with Crippen LogP contribution in [0.2, 0.25) is 0 Å². The van der Waals surface area contributed by atoms with Gasteiger partial charge < -0.3 is 5.32 Å². The van der Waals surface area contributed by atoms with Gasteiger partial charge in [0.15, 0.2) is 0 Å². The maximum Gasteiger partial charge on any atom is 0.133 e. The molecule has 104 valence electrons. The van der Waals surface area contributed by atoms with E-state index in [1.54, 1.807) is 0 Å². The van der Waals surface area contributed by atoms with E-state index in [0.29, 0.717) is 11.8 Å². The quantitative estimate of drug-likeness (QED) is 0.852. The third-order valence-electron chi connectivity index (χ3n) is 4.27. The van der Waals surface area contributed by atoms with Crippen LogP contribution in [0.4, 0.5) is 8.78 Å². The second-order valence-corrected chi connectivity index (χ2v) is 5.48. The maximum absolute atomic E-state index is 13.8. The molecule has 1 saturated heterocycles. The van der Waals surface area contributed by atoms with Gasteiger partial charge in [-0.1, -0.05) is 18.6 Å². The molecule has 1 N–H and O–H groups in total. The predicted octanol–water partition coefficient (Wildman–Crippen LogP) is 4.00. The summed E-state index contributed by atoms with van der Waals surface area (Å²) in [4.78, 5) is 0. The molecular formula is C16H21F2N. The van der Waals surface area contributed by atoms with E-state index in [1.807, 2.05) is 13.8 Å². The van der Waals surface area contributed by atoms with Crippen LogP contribution < -0.4 is 5.32 Å². The van der Waals surface area contributed by atoms with Crippen LogP contribution in [0, 0.1) is 23.5 Å². The fourth-order valence-electron chi connectivity index (χ4n) is 2.99. The standard InChI is InChI=1S/C16H21F2N/c1-10-9-19-8-7-13(10)11(2)12(3)16-14(17)5-4-6-15(16)18/h4-6,10,13,19H,7-9H2,1-3H3. The van der Waals surface area contributed by atoms with Crippen molar-refractivity contribution in [3.8, 4) is 0 Å². The normalized spacial score (nSPS) is 25.1. The molecule has 0 aromatic heterocycles. The van der Waals surface area contributed by atoms with Gasteiger partial charge in [-0.25, -0.2) is 8.78 Å².